The molecule has 3 nitrogen and oxygen atoms in total. The third-order valence-corrected chi connectivity index (χ3v) is 3.61. The predicted molar refractivity (Wildman–Crippen MR) is 84.1 cm³/mol. The monoisotopic (exact) mass is 292 g/mol. The van der Waals surface area contributed by atoms with E-state index in [0.717, 1.165) is 41.9 Å². The van der Waals surface area contributed by atoms with Crippen LogP contribution in [0.5, 0.6) is 0 Å². The zero-order chi connectivity index (χ0) is 14.5. The Morgan fingerprint density at radius 2 is 1.90 bits per heavy atom. The van der Waals surface area contributed by atoms with Gasteiger partial charge in [-0.25, -0.2) is 0 Å². The number of halogens is 1. The Morgan fingerprint density at radius 3 is 2.55 bits per heavy atom. The highest BCUT2D eigenvalue weighted by molar-refractivity contribution is 6.31. The van der Waals surface area contributed by atoms with Crippen LogP contribution < -0.4 is 0 Å². The summed E-state index contributed by atoms with van der Waals surface area (Å²) in [5.41, 5.74) is 1.05. The van der Waals surface area contributed by atoms with Crippen molar-refractivity contribution in [3.05, 3.63) is 35.5 Å². The molecule has 0 aliphatic carbocycles. The normalized spacial score (nSPS) is 10.9. The predicted octanol–water partition coefficient (Wildman–Crippen LogP) is 3.94. The van der Waals surface area contributed by atoms with Crippen LogP contribution >= 0.6 is 11.6 Å². The van der Waals surface area contributed by atoms with Gasteiger partial charge in [0, 0.05) is 35.2 Å². The highest BCUT2D eigenvalue weighted by atomic mass is 35.5. The Kier molecular flexibility index (Phi) is 5.07. The molecule has 1 heterocycles. The Hall–Kier alpha value is -1.48. The number of benzene rings is 1. The molecule has 108 valence electrons. The van der Waals surface area contributed by atoms with Crippen molar-refractivity contribution in [2.75, 3.05) is 13.1 Å². The molecule has 0 saturated carbocycles. The smallest absolute Gasteiger partial charge is 0.242 e. The van der Waals surface area contributed by atoms with Crippen LogP contribution in [0.25, 0.3) is 10.9 Å². The lowest BCUT2D eigenvalue weighted by molar-refractivity contribution is -0.131. The van der Waals surface area contributed by atoms with E-state index in [-0.39, 0.29) is 5.91 Å². The summed E-state index contributed by atoms with van der Waals surface area (Å²) in [6.45, 7) is 6.26. The van der Waals surface area contributed by atoms with E-state index in [1.807, 2.05) is 39.9 Å². The molecule has 1 amide bonds. The Morgan fingerprint density at radius 1 is 1.20 bits per heavy atom. The lowest BCUT2D eigenvalue weighted by Crippen LogP contribution is -2.35. The second-order valence-electron chi connectivity index (χ2n) is 5.03. The van der Waals surface area contributed by atoms with Crippen LogP contribution in [-0.4, -0.2) is 28.5 Å². The number of hydrogen-bond donors (Lipinski definition) is 0. The van der Waals surface area contributed by atoms with E-state index in [2.05, 4.69) is 13.8 Å². The molecule has 0 bridgehead atoms. The molecule has 20 heavy (non-hydrogen) atoms. The number of nitrogens with zero attached hydrogens (tertiary/aromatic N) is 2. The van der Waals surface area contributed by atoms with Gasteiger partial charge in [-0.05, 0) is 37.1 Å². The Bertz CT molecular complexity index is 585. The van der Waals surface area contributed by atoms with Crippen LogP contribution in [-0.2, 0) is 11.3 Å². The van der Waals surface area contributed by atoms with E-state index in [1.54, 1.807) is 0 Å². The molecule has 2 aromatic rings. The van der Waals surface area contributed by atoms with E-state index >= 15 is 0 Å². The van der Waals surface area contributed by atoms with Crippen LogP contribution in [0.1, 0.15) is 26.7 Å². The fourth-order valence-electron chi connectivity index (χ4n) is 2.46. The molecule has 0 aliphatic heterocycles. The summed E-state index contributed by atoms with van der Waals surface area (Å²) in [5, 5.41) is 1.79. The van der Waals surface area contributed by atoms with Crippen LogP contribution in [0.3, 0.4) is 0 Å². The van der Waals surface area contributed by atoms with E-state index < -0.39 is 0 Å². The highest BCUT2D eigenvalue weighted by Crippen LogP contribution is 2.20. The van der Waals surface area contributed by atoms with Gasteiger partial charge >= 0.3 is 0 Å². The highest BCUT2D eigenvalue weighted by Gasteiger charge is 2.13. The fourth-order valence-corrected chi connectivity index (χ4v) is 2.64. The summed E-state index contributed by atoms with van der Waals surface area (Å²) < 4.78 is 1.99. The summed E-state index contributed by atoms with van der Waals surface area (Å²) in [6.07, 6.45) is 3.94. The second-order valence-corrected chi connectivity index (χ2v) is 5.46. The van der Waals surface area contributed by atoms with Crippen molar-refractivity contribution in [3.8, 4) is 0 Å². The van der Waals surface area contributed by atoms with Gasteiger partial charge in [-0.3, -0.25) is 4.79 Å². The van der Waals surface area contributed by atoms with Crippen molar-refractivity contribution in [3.63, 3.8) is 0 Å². The molecular weight excluding hydrogens is 272 g/mol. The van der Waals surface area contributed by atoms with Crippen molar-refractivity contribution >= 4 is 28.4 Å². The Balaban J connectivity index is 2.16. The van der Waals surface area contributed by atoms with Crippen molar-refractivity contribution in [1.29, 1.82) is 0 Å². The average molecular weight is 293 g/mol. The first-order chi connectivity index (χ1) is 9.65. The molecule has 0 radical (unpaired) electrons. The van der Waals surface area contributed by atoms with Crippen LogP contribution in [0.2, 0.25) is 5.02 Å². The topological polar surface area (TPSA) is 25.2 Å². The maximum Gasteiger partial charge on any atom is 0.242 e. The van der Waals surface area contributed by atoms with E-state index in [4.69, 9.17) is 11.6 Å². The minimum Gasteiger partial charge on any atom is -0.341 e. The number of carbonyl (C=O) groups is 1. The third-order valence-electron chi connectivity index (χ3n) is 3.38. The number of fused-ring (bicyclic) bond motifs is 1. The van der Waals surface area contributed by atoms with Gasteiger partial charge in [-0.1, -0.05) is 25.4 Å². The quantitative estimate of drug-likeness (QED) is 0.791. The van der Waals surface area contributed by atoms with Gasteiger partial charge in [-0.15, -0.1) is 0 Å². The van der Waals surface area contributed by atoms with Crippen LogP contribution in [0, 0.1) is 0 Å². The van der Waals surface area contributed by atoms with E-state index in [1.165, 1.54) is 0 Å². The molecule has 0 saturated heterocycles. The second kappa shape index (κ2) is 6.80. The maximum atomic E-state index is 12.4. The number of carbonyl (C=O) groups excluding carboxylic acids is 1. The maximum absolute atomic E-state index is 12.4. The van der Waals surface area contributed by atoms with Crippen LogP contribution in [0.4, 0.5) is 0 Å². The number of aromatic nitrogens is 1. The zero-order valence-electron chi connectivity index (χ0n) is 12.1. The molecule has 2 rings (SSSR count). The average Bonchev–Trinajstić information content (AvgIpc) is 2.80. The number of amides is 1. The molecule has 0 aliphatic rings. The minimum absolute atomic E-state index is 0.182. The molecule has 0 spiro atoms. The first-order valence-corrected chi connectivity index (χ1v) is 7.55. The van der Waals surface area contributed by atoms with E-state index in [0.29, 0.717) is 6.54 Å². The van der Waals surface area contributed by atoms with Crippen LogP contribution in [0.15, 0.2) is 30.5 Å². The molecule has 0 atom stereocenters. The molecule has 1 aromatic heterocycles. The lowest BCUT2D eigenvalue weighted by atomic mass is 10.2. The minimum atomic E-state index is 0.182. The zero-order valence-corrected chi connectivity index (χ0v) is 12.9. The molecule has 0 fully saturated rings. The summed E-state index contributed by atoms with van der Waals surface area (Å²) in [5.74, 6) is 0.182. The summed E-state index contributed by atoms with van der Waals surface area (Å²) in [7, 11) is 0. The van der Waals surface area contributed by atoms with Gasteiger partial charge in [0.1, 0.15) is 6.54 Å². The largest absolute Gasteiger partial charge is 0.341 e. The van der Waals surface area contributed by atoms with Crippen molar-refractivity contribution in [2.45, 2.75) is 33.2 Å². The van der Waals surface area contributed by atoms with Crippen molar-refractivity contribution < 1.29 is 4.79 Å². The Labute approximate surface area is 125 Å². The van der Waals surface area contributed by atoms with Gasteiger partial charge in [0.2, 0.25) is 5.91 Å². The van der Waals surface area contributed by atoms with Gasteiger partial charge in [0.05, 0.1) is 0 Å². The molecule has 0 N–H and O–H groups in total. The first kappa shape index (κ1) is 14.9. The SMILES string of the molecule is CCCN(CCC)C(=O)Cn1ccc2cc(Cl)ccc21. The van der Waals surface area contributed by atoms with E-state index in [9.17, 15) is 4.79 Å². The van der Waals surface area contributed by atoms with Gasteiger partial charge in [0.25, 0.3) is 0 Å². The summed E-state index contributed by atoms with van der Waals surface area (Å²) >= 11 is 5.98. The fraction of sp³-hybridized carbons (Fsp3) is 0.438. The van der Waals surface area contributed by atoms with Crippen molar-refractivity contribution in [2.24, 2.45) is 0 Å². The molecule has 0 unspecified atom stereocenters. The molecular formula is C16H21ClN2O. The van der Waals surface area contributed by atoms with Gasteiger partial charge in [0.15, 0.2) is 0 Å². The standard InChI is InChI=1S/C16H21ClN2O/c1-3-8-18(9-4-2)16(20)12-19-10-7-13-11-14(17)5-6-15(13)19/h5-7,10-11H,3-4,8-9,12H2,1-2H3. The van der Waals surface area contributed by atoms with Crippen molar-refractivity contribution in [1.82, 2.24) is 9.47 Å². The third kappa shape index (κ3) is 3.34. The summed E-state index contributed by atoms with van der Waals surface area (Å²) in [6, 6.07) is 7.75. The lowest BCUT2D eigenvalue weighted by Gasteiger charge is -2.22. The summed E-state index contributed by atoms with van der Waals surface area (Å²) in [4.78, 5) is 14.3. The molecule has 4 heteroatoms. The number of hydrogen-bond acceptors (Lipinski definition) is 1. The van der Waals surface area contributed by atoms with Gasteiger partial charge in [-0.2, -0.15) is 0 Å². The van der Waals surface area contributed by atoms with Gasteiger partial charge < -0.3 is 9.47 Å². The first-order valence-electron chi connectivity index (χ1n) is 7.18. The number of rotatable bonds is 6. The molecule has 1 aromatic carbocycles.